The lowest BCUT2D eigenvalue weighted by atomic mass is 10.1. The molecule has 1 fully saturated rings. The van der Waals surface area contributed by atoms with E-state index in [2.05, 4.69) is 42.4 Å². The highest BCUT2D eigenvalue weighted by molar-refractivity contribution is 6.81. The Morgan fingerprint density at radius 3 is 2.54 bits per heavy atom. The first kappa shape index (κ1) is 18.6. The number of nitrogens with zero attached hydrogens (tertiary/aromatic N) is 1. The van der Waals surface area contributed by atoms with Gasteiger partial charge in [0.2, 0.25) is 0 Å². The summed E-state index contributed by atoms with van der Waals surface area (Å²) >= 11 is 0. The molecule has 0 radical (unpaired) electrons. The van der Waals surface area contributed by atoms with Crippen LogP contribution >= 0.6 is 0 Å². The number of ketones is 1. The smallest absolute Gasteiger partial charge is 0.305 e. The lowest BCUT2D eigenvalue weighted by Crippen LogP contribution is -2.33. The molecule has 1 aromatic carbocycles. The number of carbonyl (C=O) groups is 2. The normalized spacial score (nSPS) is 20.6. The molecule has 2 rings (SSSR count). The molecule has 0 aliphatic carbocycles. The average molecular weight is 346 g/mol. The van der Waals surface area contributed by atoms with E-state index in [1.807, 2.05) is 18.2 Å². The Hall–Kier alpha value is -1.72. The van der Waals surface area contributed by atoms with Gasteiger partial charge in [0.15, 0.2) is 5.78 Å². The second-order valence-corrected chi connectivity index (χ2v) is 12.4. The number of esters is 1. The quantitative estimate of drug-likeness (QED) is 0.451. The van der Waals surface area contributed by atoms with Crippen molar-refractivity contribution in [2.75, 3.05) is 13.7 Å². The van der Waals surface area contributed by atoms with Crippen LogP contribution in [0.1, 0.15) is 18.4 Å². The van der Waals surface area contributed by atoms with Gasteiger partial charge in [0.1, 0.15) is 0 Å². The van der Waals surface area contributed by atoms with Gasteiger partial charge in [-0.3, -0.25) is 14.5 Å². The van der Waals surface area contributed by atoms with Gasteiger partial charge < -0.3 is 4.74 Å². The zero-order valence-corrected chi connectivity index (χ0v) is 16.0. The molecule has 130 valence electrons. The monoisotopic (exact) mass is 345 g/mol. The van der Waals surface area contributed by atoms with E-state index < -0.39 is 8.07 Å². The Balaban J connectivity index is 2.19. The number of likely N-dealkylation sites (tertiary alicyclic amines) is 1. The molecule has 4 nitrogen and oxygen atoms in total. The minimum atomic E-state index is -1.47. The first-order chi connectivity index (χ1) is 11.3. The van der Waals surface area contributed by atoms with Gasteiger partial charge in [-0.15, -0.1) is 0 Å². The molecule has 1 atom stereocenters. The van der Waals surface area contributed by atoms with E-state index in [1.54, 1.807) is 0 Å². The molecule has 0 amide bonds. The zero-order valence-electron chi connectivity index (χ0n) is 15.0. The highest BCUT2D eigenvalue weighted by Crippen LogP contribution is 2.26. The van der Waals surface area contributed by atoms with Gasteiger partial charge in [-0.2, -0.15) is 0 Å². The summed E-state index contributed by atoms with van der Waals surface area (Å²) in [4.78, 5) is 26.5. The van der Waals surface area contributed by atoms with Crippen LogP contribution in [0.25, 0.3) is 0 Å². The van der Waals surface area contributed by atoms with Crippen LogP contribution in [0.2, 0.25) is 19.6 Å². The number of rotatable bonds is 6. The topological polar surface area (TPSA) is 46.6 Å². The predicted molar refractivity (Wildman–Crippen MR) is 98.3 cm³/mol. The van der Waals surface area contributed by atoms with Crippen LogP contribution in [0, 0.1) is 0 Å². The fourth-order valence-electron chi connectivity index (χ4n) is 3.08. The maximum absolute atomic E-state index is 12.8. The second kappa shape index (κ2) is 7.90. The van der Waals surface area contributed by atoms with Crippen molar-refractivity contribution in [2.24, 2.45) is 0 Å². The molecule has 0 N–H and O–H groups in total. The Bertz CT molecular complexity index is 619. The first-order valence-corrected chi connectivity index (χ1v) is 12.0. The predicted octanol–water partition coefficient (Wildman–Crippen LogP) is 3.20. The zero-order chi connectivity index (χ0) is 17.7. The number of hydrogen-bond acceptors (Lipinski definition) is 4. The largest absolute Gasteiger partial charge is 0.469 e. The van der Waals surface area contributed by atoms with E-state index in [0.717, 1.165) is 12.1 Å². The van der Waals surface area contributed by atoms with Gasteiger partial charge in [0, 0.05) is 25.1 Å². The van der Waals surface area contributed by atoms with Crippen molar-refractivity contribution in [3.05, 3.63) is 47.2 Å². The lowest BCUT2D eigenvalue weighted by Gasteiger charge is -2.22. The molecular weight excluding hydrogens is 318 g/mol. The number of hydrogen-bond donors (Lipinski definition) is 0. The number of ether oxygens (including phenoxy) is 1. The third-order valence-corrected chi connectivity index (χ3v) is 5.33. The molecule has 0 spiro atoms. The van der Waals surface area contributed by atoms with E-state index in [9.17, 15) is 9.59 Å². The molecule has 0 bridgehead atoms. The SMILES string of the molecule is COC(=O)CC[C@H]1C(=O)/C(=C/[Si](C)(C)C)CN1Cc1ccccc1. The van der Waals surface area contributed by atoms with E-state index in [-0.39, 0.29) is 24.2 Å². The van der Waals surface area contributed by atoms with Gasteiger partial charge >= 0.3 is 5.97 Å². The van der Waals surface area contributed by atoms with E-state index in [1.165, 1.54) is 12.7 Å². The van der Waals surface area contributed by atoms with Crippen LogP contribution in [-0.4, -0.2) is 44.4 Å². The summed E-state index contributed by atoms with van der Waals surface area (Å²) in [5.41, 5.74) is 4.30. The summed E-state index contributed by atoms with van der Waals surface area (Å²) < 4.78 is 4.73. The number of benzene rings is 1. The van der Waals surface area contributed by atoms with E-state index in [0.29, 0.717) is 13.0 Å². The summed E-state index contributed by atoms with van der Waals surface area (Å²) in [6.07, 6.45) is 0.791. The van der Waals surface area contributed by atoms with Crippen molar-refractivity contribution in [3.63, 3.8) is 0 Å². The summed E-state index contributed by atoms with van der Waals surface area (Å²) in [6.45, 7) is 8.09. The summed E-state index contributed by atoms with van der Waals surface area (Å²) in [7, 11) is -0.0821. The molecule has 24 heavy (non-hydrogen) atoms. The molecule has 1 saturated heterocycles. The maximum Gasteiger partial charge on any atom is 0.305 e. The number of methoxy groups -OCH3 is 1. The average Bonchev–Trinajstić information content (AvgIpc) is 2.79. The molecule has 0 saturated carbocycles. The van der Waals surface area contributed by atoms with Crippen LogP contribution in [0.3, 0.4) is 0 Å². The molecule has 0 unspecified atom stereocenters. The van der Waals surface area contributed by atoms with Gasteiger partial charge in [-0.1, -0.05) is 55.7 Å². The minimum absolute atomic E-state index is 0.178. The van der Waals surface area contributed by atoms with Crippen LogP contribution in [0.15, 0.2) is 41.6 Å². The van der Waals surface area contributed by atoms with Crippen molar-refractivity contribution in [3.8, 4) is 0 Å². The fourth-order valence-corrected chi connectivity index (χ4v) is 4.36. The molecular formula is C19H27NO3Si. The standard InChI is InChI=1S/C19H27NO3Si/c1-23-18(21)11-10-17-19(22)16(14-24(2,3)4)13-20(17)12-15-8-6-5-7-9-15/h5-9,14,17H,10-13H2,1-4H3/b16-14+/t17-/m0/s1. The van der Waals surface area contributed by atoms with Crippen LogP contribution in [0.5, 0.6) is 0 Å². The van der Waals surface area contributed by atoms with Crippen molar-refractivity contribution in [2.45, 2.75) is 45.1 Å². The summed E-state index contributed by atoms with van der Waals surface area (Å²) in [5.74, 6) is -0.0812. The minimum Gasteiger partial charge on any atom is -0.469 e. The molecule has 1 aromatic rings. The number of carbonyl (C=O) groups excluding carboxylic acids is 2. The van der Waals surface area contributed by atoms with Gasteiger partial charge in [0.25, 0.3) is 0 Å². The summed E-state index contributed by atoms with van der Waals surface area (Å²) in [6, 6.07) is 9.92. The molecule has 1 aliphatic heterocycles. The molecule has 1 aliphatic rings. The highest BCUT2D eigenvalue weighted by atomic mass is 28.3. The van der Waals surface area contributed by atoms with Crippen LogP contribution in [0.4, 0.5) is 0 Å². The van der Waals surface area contributed by atoms with Crippen molar-refractivity contribution >= 4 is 19.8 Å². The van der Waals surface area contributed by atoms with Crippen molar-refractivity contribution < 1.29 is 14.3 Å². The first-order valence-electron chi connectivity index (χ1n) is 8.41. The van der Waals surface area contributed by atoms with Crippen molar-refractivity contribution in [1.29, 1.82) is 0 Å². The third-order valence-electron chi connectivity index (χ3n) is 4.12. The summed E-state index contributed by atoms with van der Waals surface area (Å²) in [5, 5.41) is 0. The molecule has 5 heteroatoms. The Labute approximate surface area is 145 Å². The van der Waals surface area contributed by atoms with Crippen LogP contribution in [-0.2, 0) is 20.9 Å². The lowest BCUT2D eigenvalue weighted by molar-refractivity contribution is -0.141. The fraction of sp³-hybridized carbons (Fsp3) is 0.474. The maximum atomic E-state index is 12.8. The Morgan fingerprint density at radius 1 is 1.29 bits per heavy atom. The Kier molecular flexibility index (Phi) is 6.13. The van der Waals surface area contributed by atoms with Gasteiger partial charge in [-0.25, -0.2) is 0 Å². The van der Waals surface area contributed by atoms with Gasteiger partial charge in [0.05, 0.1) is 21.2 Å². The second-order valence-electron chi connectivity index (χ2n) is 7.42. The third kappa shape index (κ3) is 5.14. The van der Waals surface area contributed by atoms with Crippen LogP contribution < -0.4 is 0 Å². The van der Waals surface area contributed by atoms with Crippen molar-refractivity contribution in [1.82, 2.24) is 4.90 Å². The van der Waals surface area contributed by atoms with E-state index in [4.69, 9.17) is 4.74 Å². The highest BCUT2D eigenvalue weighted by Gasteiger charge is 2.37. The molecule has 0 aromatic heterocycles. The van der Waals surface area contributed by atoms with E-state index >= 15 is 0 Å². The molecule has 1 heterocycles. The Morgan fingerprint density at radius 2 is 1.96 bits per heavy atom. The number of Topliss-reactive ketones (excluding diaryl/α,β-unsaturated/α-hetero) is 1. The van der Waals surface area contributed by atoms with Gasteiger partial charge in [-0.05, 0) is 12.0 Å².